The Balaban J connectivity index is 1.30. The van der Waals surface area contributed by atoms with Crippen molar-refractivity contribution in [1.29, 1.82) is 0 Å². The van der Waals surface area contributed by atoms with Crippen molar-refractivity contribution in [3.8, 4) is 5.75 Å². The largest absolute Gasteiger partial charge is 0.493 e. The number of hydrogen-bond acceptors (Lipinski definition) is 2. The van der Waals surface area contributed by atoms with Crippen molar-refractivity contribution in [2.24, 2.45) is 10.9 Å². The van der Waals surface area contributed by atoms with Crippen LogP contribution >= 0.6 is 0 Å². The van der Waals surface area contributed by atoms with E-state index in [0.29, 0.717) is 12.5 Å². The van der Waals surface area contributed by atoms with Crippen LogP contribution in [0.4, 0.5) is 0 Å². The van der Waals surface area contributed by atoms with Crippen molar-refractivity contribution >= 4 is 12.3 Å². The SMILES string of the molecule is C1=CC(CCOc2cccc3c2CC=C3)(C2Cc3ccccc3C2)N=C1. The summed E-state index contributed by atoms with van der Waals surface area (Å²) in [6.45, 7) is 0.699. The molecule has 0 saturated heterocycles. The minimum absolute atomic E-state index is 0.116. The number of fused-ring (bicyclic) bond motifs is 2. The molecule has 1 atom stereocenters. The first-order chi connectivity index (χ1) is 12.8. The molecule has 2 aromatic rings. The van der Waals surface area contributed by atoms with Crippen LogP contribution in [0.5, 0.6) is 5.75 Å². The quantitative estimate of drug-likeness (QED) is 0.764. The second-order valence-electron chi connectivity index (χ2n) is 7.53. The molecule has 0 N–H and O–H groups in total. The van der Waals surface area contributed by atoms with Gasteiger partial charge in [0.05, 0.1) is 12.1 Å². The van der Waals surface area contributed by atoms with Gasteiger partial charge in [-0.25, -0.2) is 0 Å². The standard InChI is InChI=1S/C24H23NO/c1-2-7-20-17-21(16-19(20)6-1)24(12-5-14-25-24)13-15-26-23-11-4-9-18-8-3-10-22(18)23/h1-9,11-12,14,21H,10,13,15-17H2. The minimum Gasteiger partial charge on any atom is -0.493 e. The molecule has 0 amide bonds. The number of ether oxygens (including phenoxy) is 1. The van der Waals surface area contributed by atoms with Gasteiger partial charge < -0.3 is 4.74 Å². The first-order valence-corrected chi connectivity index (χ1v) is 9.55. The average Bonchev–Trinajstić information content (AvgIpc) is 3.41. The Labute approximate surface area is 154 Å². The molecule has 5 rings (SSSR count). The molecule has 1 aliphatic heterocycles. The summed E-state index contributed by atoms with van der Waals surface area (Å²) in [7, 11) is 0. The van der Waals surface area contributed by atoms with Crippen molar-refractivity contribution in [3.63, 3.8) is 0 Å². The number of nitrogens with zero attached hydrogens (tertiary/aromatic N) is 1. The number of aliphatic imine (C=N–C) groups is 1. The van der Waals surface area contributed by atoms with E-state index in [9.17, 15) is 0 Å². The van der Waals surface area contributed by atoms with Crippen LogP contribution in [0.1, 0.15) is 28.7 Å². The van der Waals surface area contributed by atoms with Gasteiger partial charge in [0.15, 0.2) is 0 Å². The van der Waals surface area contributed by atoms with Crippen LogP contribution in [-0.4, -0.2) is 18.4 Å². The molecule has 3 aliphatic rings. The third-order valence-electron chi connectivity index (χ3n) is 6.09. The Morgan fingerprint density at radius 3 is 2.65 bits per heavy atom. The third kappa shape index (κ3) is 2.61. The maximum Gasteiger partial charge on any atom is 0.123 e. The monoisotopic (exact) mass is 341 g/mol. The molecular formula is C24H23NO. The maximum absolute atomic E-state index is 6.22. The molecule has 0 saturated carbocycles. The zero-order valence-electron chi connectivity index (χ0n) is 14.9. The van der Waals surface area contributed by atoms with Gasteiger partial charge in [-0.2, -0.15) is 0 Å². The van der Waals surface area contributed by atoms with Crippen LogP contribution in [0.15, 0.2) is 65.7 Å². The van der Waals surface area contributed by atoms with Gasteiger partial charge in [0, 0.05) is 18.2 Å². The molecule has 0 spiro atoms. The third-order valence-corrected chi connectivity index (χ3v) is 6.09. The van der Waals surface area contributed by atoms with E-state index in [1.54, 1.807) is 0 Å². The van der Waals surface area contributed by atoms with E-state index in [1.807, 2.05) is 6.21 Å². The zero-order valence-corrected chi connectivity index (χ0v) is 14.9. The Bertz CT molecular complexity index is 885. The van der Waals surface area contributed by atoms with E-state index in [1.165, 1.54) is 22.3 Å². The van der Waals surface area contributed by atoms with Crippen molar-refractivity contribution < 1.29 is 4.74 Å². The molecule has 26 heavy (non-hydrogen) atoms. The minimum atomic E-state index is -0.116. The smallest absolute Gasteiger partial charge is 0.123 e. The lowest BCUT2D eigenvalue weighted by Crippen LogP contribution is -2.35. The van der Waals surface area contributed by atoms with Crippen LogP contribution in [0.3, 0.4) is 0 Å². The fraction of sp³-hybridized carbons (Fsp3) is 0.292. The summed E-state index contributed by atoms with van der Waals surface area (Å²) in [6.07, 6.45) is 14.9. The van der Waals surface area contributed by atoms with E-state index in [4.69, 9.17) is 9.73 Å². The lowest BCUT2D eigenvalue weighted by atomic mass is 9.80. The van der Waals surface area contributed by atoms with E-state index in [0.717, 1.165) is 31.4 Å². The second-order valence-corrected chi connectivity index (χ2v) is 7.53. The van der Waals surface area contributed by atoms with Gasteiger partial charge in [0.1, 0.15) is 5.75 Å². The van der Waals surface area contributed by atoms with Crippen molar-refractivity contribution in [1.82, 2.24) is 0 Å². The van der Waals surface area contributed by atoms with Crippen LogP contribution in [0.25, 0.3) is 6.08 Å². The Morgan fingerprint density at radius 1 is 1.04 bits per heavy atom. The van der Waals surface area contributed by atoms with E-state index < -0.39 is 0 Å². The molecule has 2 nitrogen and oxygen atoms in total. The highest BCUT2D eigenvalue weighted by Gasteiger charge is 2.40. The zero-order chi connectivity index (χ0) is 17.4. The van der Waals surface area contributed by atoms with Crippen LogP contribution in [0, 0.1) is 5.92 Å². The van der Waals surface area contributed by atoms with Crippen molar-refractivity contribution in [3.05, 3.63) is 82.9 Å². The van der Waals surface area contributed by atoms with Gasteiger partial charge in [-0.3, -0.25) is 4.99 Å². The molecule has 0 bridgehead atoms. The van der Waals surface area contributed by atoms with Crippen molar-refractivity contribution in [2.75, 3.05) is 6.61 Å². The summed E-state index contributed by atoms with van der Waals surface area (Å²) < 4.78 is 6.22. The van der Waals surface area contributed by atoms with E-state index in [-0.39, 0.29) is 5.54 Å². The van der Waals surface area contributed by atoms with Crippen LogP contribution in [0.2, 0.25) is 0 Å². The summed E-state index contributed by atoms with van der Waals surface area (Å²) in [5.41, 5.74) is 5.47. The Morgan fingerprint density at radius 2 is 1.88 bits per heavy atom. The normalized spacial score (nSPS) is 22.8. The molecule has 2 heteroatoms. The summed E-state index contributed by atoms with van der Waals surface area (Å²) >= 11 is 0. The summed E-state index contributed by atoms with van der Waals surface area (Å²) in [6, 6.07) is 15.2. The Kier molecular flexibility index (Phi) is 3.77. The number of benzene rings is 2. The van der Waals surface area contributed by atoms with Crippen LogP contribution < -0.4 is 4.74 Å². The first kappa shape index (κ1) is 15.6. The molecule has 0 radical (unpaired) electrons. The van der Waals surface area contributed by atoms with E-state index >= 15 is 0 Å². The highest BCUT2D eigenvalue weighted by Crippen LogP contribution is 2.40. The predicted octanol–water partition coefficient (Wildman–Crippen LogP) is 4.82. The molecule has 2 aromatic carbocycles. The molecule has 1 unspecified atom stereocenters. The maximum atomic E-state index is 6.22. The van der Waals surface area contributed by atoms with Gasteiger partial charge in [-0.15, -0.1) is 0 Å². The summed E-state index contributed by atoms with van der Waals surface area (Å²) in [5.74, 6) is 1.56. The molecule has 1 heterocycles. The molecule has 0 fully saturated rings. The molecule has 130 valence electrons. The Hall–Kier alpha value is -2.61. The highest BCUT2D eigenvalue weighted by atomic mass is 16.5. The fourth-order valence-corrected chi connectivity index (χ4v) is 4.66. The van der Waals surface area contributed by atoms with Crippen molar-refractivity contribution in [2.45, 2.75) is 31.2 Å². The number of rotatable bonds is 5. The lowest BCUT2D eigenvalue weighted by Gasteiger charge is -2.31. The number of allylic oxidation sites excluding steroid dienone is 2. The molecular weight excluding hydrogens is 318 g/mol. The van der Waals surface area contributed by atoms with Gasteiger partial charge in [0.2, 0.25) is 0 Å². The fourth-order valence-electron chi connectivity index (χ4n) is 4.66. The van der Waals surface area contributed by atoms with Gasteiger partial charge in [-0.05, 0) is 54.0 Å². The van der Waals surface area contributed by atoms with Gasteiger partial charge in [-0.1, -0.05) is 54.6 Å². The lowest BCUT2D eigenvalue weighted by molar-refractivity contribution is 0.240. The first-order valence-electron chi connectivity index (χ1n) is 9.55. The average molecular weight is 341 g/mol. The van der Waals surface area contributed by atoms with Gasteiger partial charge >= 0.3 is 0 Å². The highest BCUT2D eigenvalue weighted by molar-refractivity contribution is 5.75. The molecule has 0 aromatic heterocycles. The predicted molar refractivity (Wildman–Crippen MR) is 107 cm³/mol. The van der Waals surface area contributed by atoms with Crippen LogP contribution in [-0.2, 0) is 19.3 Å². The topological polar surface area (TPSA) is 21.6 Å². The number of hydrogen-bond donors (Lipinski definition) is 0. The summed E-state index contributed by atoms with van der Waals surface area (Å²) in [4.78, 5) is 4.91. The second kappa shape index (κ2) is 6.28. The molecule has 2 aliphatic carbocycles. The van der Waals surface area contributed by atoms with E-state index in [2.05, 4.69) is 66.8 Å². The van der Waals surface area contributed by atoms with Gasteiger partial charge in [0.25, 0.3) is 0 Å². The summed E-state index contributed by atoms with van der Waals surface area (Å²) in [5, 5.41) is 0.